The molecule has 59 heavy (non-hydrogen) atoms. The van der Waals surface area contributed by atoms with E-state index in [9.17, 15) is 32.9 Å². The number of nitro groups is 1. The van der Waals surface area contributed by atoms with E-state index < -0.39 is 50.9 Å². The summed E-state index contributed by atoms with van der Waals surface area (Å²) in [5.74, 6) is -1.38. The number of non-ortho nitro benzene ring substituents is 1. The number of halogens is 1. The van der Waals surface area contributed by atoms with E-state index in [-0.39, 0.29) is 41.5 Å². The maximum Gasteiger partial charge on any atom is 0.269 e. The molecule has 0 aromatic heterocycles. The van der Waals surface area contributed by atoms with E-state index in [1.54, 1.807) is 50.2 Å². The Morgan fingerprint density at radius 1 is 0.712 bits per heavy atom. The van der Waals surface area contributed by atoms with E-state index in [1.807, 2.05) is 67.6 Å². The van der Waals surface area contributed by atoms with Crippen molar-refractivity contribution in [3.8, 4) is 0 Å². The number of rotatable bonds is 18. The fraction of sp³-hybridized carbons (Fsp3) is 0.250. The van der Waals surface area contributed by atoms with Crippen molar-refractivity contribution in [2.75, 3.05) is 17.1 Å². The fourth-order valence-corrected chi connectivity index (χ4v) is 7.48. The largest absolute Gasteiger partial charge is 0.348 e. The second-order valence-corrected chi connectivity index (χ2v) is 17.2. The number of nitrogens with one attached hydrogen (secondary N) is 4. The first-order valence-corrected chi connectivity index (χ1v) is 21.6. The maximum absolute atomic E-state index is 14.3. The topological polar surface area (TPSA) is 180 Å². The van der Waals surface area contributed by atoms with Gasteiger partial charge >= 0.3 is 0 Å². The van der Waals surface area contributed by atoms with E-state index in [4.69, 9.17) is 0 Å². The third-order valence-corrected chi connectivity index (χ3v) is 11.4. The Morgan fingerprint density at radius 3 is 1.76 bits per heavy atom. The highest BCUT2D eigenvalue weighted by molar-refractivity contribution is 9.10. The quantitative estimate of drug-likeness (QED) is 0.0536. The highest BCUT2D eigenvalue weighted by atomic mass is 79.9. The molecule has 0 heterocycles. The molecule has 4 atom stereocenters. The first kappa shape index (κ1) is 44.2. The van der Waals surface area contributed by atoms with Crippen molar-refractivity contribution < 1.29 is 27.7 Å². The molecule has 0 aliphatic carbocycles. The van der Waals surface area contributed by atoms with Crippen LogP contribution in [0.15, 0.2) is 132 Å². The molecule has 308 valence electrons. The van der Waals surface area contributed by atoms with E-state index in [2.05, 4.69) is 37.2 Å². The second kappa shape index (κ2) is 20.2. The lowest BCUT2D eigenvalue weighted by atomic mass is 10.0. The third-order valence-electron chi connectivity index (χ3n) is 9.70. The SMILES string of the molecule is C[C@H](NC[C@H](Cc1ccccc1)NC(=O)c1cc(C(=O)N[C@H](C)c2ccc(Br)cc2)cc(N(Cc2ccccc2)S(C)(=O)=O)c1)C(=O)N[C@H](C)c1ccc([N+](=O)[O-])cc1. The molecule has 0 unspecified atom stereocenters. The summed E-state index contributed by atoms with van der Waals surface area (Å²) in [4.78, 5) is 52.0. The van der Waals surface area contributed by atoms with Gasteiger partial charge in [0.05, 0.1) is 41.5 Å². The zero-order chi connectivity index (χ0) is 42.7. The molecule has 15 heteroatoms. The third kappa shape index (κ3) is 12.8. The van der Waals surface area contributed by atoms with Gasteiger partial charge in [0.1, 0.15) is 0 Å². The number of hydrogen-bond acceptors (Lipinski definition) is 8. The average Bonchev–Trinajstić information content (AvgIpc) is 3.22. The number of carbonyl (C=O) groups is 3. The van der Waals surface area contributed by atoms with Crippen LogP contribution in [0.25, 0.3) is 0 Å². The van der Waals surface area contributed by atoms with Crippen LogP contribution in [0.4, 0.5) is 11.4 Å². The Labute approximate surface area is 352 Å². The summed E-state index contributed by atoms with van der Waals surface area (Å²) in [7, 11) is -3.90. The van der Waals surface area contributed by atoms with Crippen LogP contribution >= 0.6 is 15.9 Å². The molecule has 0 aliphatic rings. The van der Waals surface area contributed by atoms with Crippen molar-refractivity contribution in [2.24, 2.45) is 0 Å². The molecule has 5 rings (SSSR count). The van der Waals surface area contributed by atoms with Crippen LogP contribution in [0.3, 0.4) is 0 Å². The zero-order valence-electron chi connectivity index (χ0n) is 33.1. The van der Waals surface area contributed by atoms with Gasteiger partial charge in [0.15, 0.2) is 0 Å². The molecular formula is C44H47BrN6O7S. The number of benzene rings is 5. The van der Waals surface area contributed by atoms with Gasteiger partial charge in [-0.1, -0.05) is 101 Å². The summed E-state index contributed by atoms with van der Waals surface area (Å²) in [6, 6.07) is 34.2. The van der Waals surface area contributed by atoms with Gasteiger partial charge in [-0.3, -0.25) is 28.8 Å². The minimum atomic E-state index is -3.90. The van der Waals surface area contributed by atoms with Crippen LogP contribution in [-0.2, 0) is 27.8 Å². The minimum Gasteiger partial charge on any atom is -0.348 e. The first-order valence-electron chi connectivity index (χ1n) is 18.9. The average molecular weight is 884 g/mol. The predicted molar refractivity (Wildman–Crippen MR) is 232 cm³/mol. The van der Waals surface area contributed by atoms with E-state index in [0.29, 0.717) is 17.5 Å². The lowest BCUT2D eigenvalue weighted by Crippen LogP contribution is -2.49. The molecule has 0 fully saturated rings. The summed E-state index contributed by atoms with van der Waals surface area (Å²) in [6.07, 6.45) is 1.46. The Bertz CT molecular complexity index is 2350. The summed E-state index contributed by atoms with van der Waals surface area (Å²) >= 11 is 3.43. The molecule has 0 saturated heterocycles. The lowest BCUT2D eigenvalue weighted by Gasteiger charge is -2.25. The van der Waals surface area contributed by atoms with Gasteiger partial charge in [0.25, 0.3) is 17.5 Å². The Morgan fingerprint density at radius 2 is 1.22 bits per heavy atom. The Balaban J connectivity index is 1.40. The van der Waals surface area contributed by atoms with Crippen LogP contribution in [0.2, 0.25) is 0 Å². The number of anilines is 1. The molecule has 0 radical (unpaired) electrons. The van der Waals surface area contributed by atoms with Crippen molar-refractivity contribution in [3.05, 3.63) is 175 Å². The molecule has 0 spiro atoms. The van der Waals surface area contributed by atoms with Gasteiger partial charge in [0, 0.05) is 40.3 Å². The number of nitro benzene ring substituents is 1. The summed E-state index contributed by atoms with van der Waals surface area (Å²) in [6.45, 7) is 5.43. The van der Waals surface area contributed by atoms with E-state index in [0.717, 1.165) is 26.2 Å². The number of hydrogen-bond donors (Lipinski definition) is 4. The first-order chi connectivity index (χ1) is 28.1. The lowest BCUT2D eigenvalue weighted by molar-refractivity contribution is -0.384. The molecule has 3 amide bonds. The van der Waals surface area contributed by atoms with Crippen LogP contribution < -0.4 is 25.6 Å². The van der Waals surface area contributed by atoms with Crippen molar-refractivity contribution in [1.82, 2.24) is 21.3 Å². The van der Waals surface area contributed by atoms with Crippen LogP contribution in [-0.4, -0.2) is 55.9 Å². The van der Waals surface area contributed by atoms with Gasteiger partial charge < -0.3 is 21.3 Å². The van der Waals surface area contributed by atoms with Crippen LogP contribution in [0.5, 0.6) is 0 Å². The van der Waals surface area contributed by atoms with Gasteiger partial charge in [-0.2, -0.15) is 0 Å². The van der Waals surface area contributed by atoms with Crippen molar-refractivity contribution in [1.29, 1.82) is 0 Å². The Kier molecular flexibility index (Phi) is 15.1. The van der Waals surface area contributed by atoms with E-state index in [1.165, 1.54) is 30.3 Å². The molecule has 0 saturated carbocycles. The zero-order valence-corrected chi connectivity index (χ0v) is 35.5. The number of sulfonamides is 1. The van der Waals surface area contributed by atoms with Gasteiger partial charge in [-0.25, -0.2) is 8.42 Å². The minimum absolute atomic E-state index is 0.0373. The maximum atomic E-state index is 14.3. The summed E-state index contributed by atoms with van der Waals surface area (Å²) < 4.78 is 28.7. The number of carbonyl (C=O) groups excluding carboxylic acids is 3. The standard InChI is InChI=1S/C44H47BrN6O7S/c1-29(35-17-21-40(22-18-35)51(55)56)47-42(52)31(3)46-27-39(23-32-11-7-5-8-12-32)49-44(54)37-24-36(43(53)48-30(2)34-15-19-38(45)20-16-34)25-41(26-37)50(59(4,57)58)28-33-13-9-6-10-14-33/h5-22,24-26,29-31,39,46H,23,27-28H2,1-4H3,(H,47,52)(H,48,53)(H,49,54)/t29-,30-,31+,39+/m1/s1. The van der Waals surface area contributed by atoms with Crippen molar-refractivity contribution in [3.63, 3.8) is 0 Å². The smallest absolute Gasteiger partial charge is 0.269 e. The van der Waals surface area contributed by atoms with E-state index >= 15 is 0 Å². The molecular weight excluding hydrogens is 836 g/mol. The Hall–Kier alpha value is -5.90. The second-order valence-electron chi connectivity index (χ2n) is 14.3. The van der Waals surface area contributed by atoms with Crippen LogP contribution in [0, 0.1) is 10.1 Å². The monoisotopic (exact) mass is 882 g/mol. The molecule has 5 aromatic rings. The predicted octanol–water partition coefficient (Wildman–Crippen LogP) is 7.01. The summed E-state index contributed by atoms with van der Waals surface area (Å²) in [5.41, 5.74) is 3.40. The normalized spacial score (nSPS) is 13.3. The molecule has 4 N–H and O–H groups in total. The summed E-state index contributed by atoms with van der Waals surface area (Å²) in [5, 5.41) is 23.2. The fourth-order valence-electron chi connectivity index (χ4n) is 6.34. The molecule has 5 aromatic carbocycles. The van der Waals surface area contributed by atoms with Gasteiger partial charge in [0.2, 0.25) is 15.9 Å². The van der Waals surface area contributed by atoms with Crippen LogP contribution in [0.1, 0.15) is 75.8 Å². The highest BCUT2D eigenvalue weighted by Gasteiger charge is 2.25. The van der Waals surface area contributed by atoms with Crippen molar-refractivity contribution >= 4 is 55.0 Å². The van der Waals surface area contributed by atoms with Crippen molar-refractivity contribution in [2.45, 2.75) is 57.9 Å². The van der Waals surface area contributed by atoms with Gasteiger partial charge in [-0.05, 0) is 79.8 Å². The highest BCUT2D eigenvalue weighted by Crippen LogP contribution is 2.26. The molecule has 13 nitrogen and oxygen atoms in total. The number of nitrogens with zero attached hydrogens (tertiary/aromatic N) is 2. The number of amides is 3. The molecule has 0 aliphatic heterocycles. The van der Waals surface area contributed by atoms with Gasteiger partial charge in [-0.15, -0.1) is 0 Å². The molecule has 0 bridgehead atoms.